The number of hydrogen-bond donors (Lipinski definition) is 1. The molecule has 0 aliphatic carbocycles. The molecule has 3 nitrogen and oxygen atoms in total. The van der Waals surface area contributed by atoms with Gasteiger partial charge in [-0.2, -0.15) is 0 Å². The number of nitrogens with zero attached hydrogens (tertiary/aromatic N) is 1. The van der Waals surface area contributed by atoms with E-state index in [2.05, 4.69) is 33.2 Å². The lowest BCUT2D eigenvalue weighted by molar-refractivity contribution is 0.179. The highest BCUT2D eigenvalue weighted by Gasteiger charge is 2.17. The van der Waals surface area contributed by atoms with E-state index in [1.165, 1.54) is 25.8 Å². The molecule has 0 radical (unpaired) electrons. The molecule has 0 saturated carbocycles. The van der Waals surface area contributed by atoms with Crippen LogP contribution in [0, 0.1) is 0 Å². The molecule has 1 heterocycles. The van der Waals surface area contributed by atoms with Gasteiger partial charge in [0.1, 0.15) is 12.4 Å². The molecule has 0 amide bonds. The second-order valence-electron chi connectivity index (χ2n) is 5.14. The Kier molecular flexibility index (Phi) is 6.14. The molecule has 0 spiro atoms. The first-order valence-electron chi connectivity index (χ1n) is 7.05. The van der Waals surface area contributed by atoms with Gasteiger partial charge in [0.05, 0.1) is 0 Å². The maximum absolute atomic E-state index is 5.70. The van der Waals surface area contributed by atoms with Gasteiger partial charge in [-0.3, -0.25) is 0 Å². The van der Waals surface area contributed by atoms with Crippen molar-refractivity contribution in [2.45, 2.75) is 25.3 Å². The molecule has 1 N–H and O–H groups in total. The number of piperidine rings is 1. The summed E-state index contributed by atoms with van der Waals surface area (Å²) in [5.41, 5.74) is 0. The van der Waals surface area contributed by atoms with Gasteiger partial charge in [-0.15, -0.1) is 0 Å². The van der Waals surface area contributed by atoms with Gasteiger partial charge in [-0.1, -0.05) is 28.4 Å². The summed E-state index contributed by atoms with van der Waals surface area (Å²) >= 11 is 3.44. The topological polar surface area (TPSA) is 24.5 Å². The van der Waals surface area contributed by atoms with E-state index in [1.807, 2.05) is 24.3 Å². The van der Waals surface area contributed by atoms with E-state index in [1.54, 1.807) is 0 Å². The molecule has 1 fully saturated rings. The fourth-order valence-electron chi connectivity index (χ4n) is 2.47. The number of halogens is 1. The number of ether oxygens (including phenoxy) is 1. The van der Waals surface area contributed by atoms with Gasteiger partial charge in [0.2, 0.25) is 0 Å². The summed E-state index contributed by atoms with van der Waals surface area (Å²) in [6, 6.07) is 8.67. The fourth-order valence-corrected chi connectivity index (χ4v) is 2.85. The van der Waals surface area contributed by atoms with Crippen molar-refractivity contribution in [2.24, 2.45) is 0 Å². The third-order valence-corrected chi connectivity index (χ3v) is 4.14. The largest absolute Gasteiger partial charge is 0.492 e. The van der Waals surface area contributed by atoms with Gasteiger partial charge in [0.25, 0.3) is 0 Å². The molecule has 1 aromatic carbocycles. The maximum Gasteiger partial charge on any atom is 0.120 e. The van der Waals surface area contributed by atoms with Crippen LogP contribution in [0.5, 0.6) is 5.75 Å². The third-order valence-electron chi connectivity index (χ3n) is 3.65. The van der Waals surface area contributed by atoms with Gasteiger partial charge in [-0.25, -0.2) is 0 Å². The molecule has 2 rings (SSSR count). The van der Waals surface area contributed by atoms with Crippen molar-refractivity contribution in [2.75, 3.05) is 33.3 Å². The molecule has 1 aliphatic rings. The van der Waals surface area contributed by atoms with Crippen LogP contribution in [0.1, 0.15) is 19.3 Å². The van der Waals surface area contributed by atoms with E-state index in [-0.39, 0.29) is 0 Å². The van der Waals surface area contributed by atoms with Gasteiger partial charge < -0.3 is 15.0 Å². The predicted octanol–water partition coefficient (Wildman–Crippen LogP) is 2.90. The van der Waals surface area contributed by atoms with E-state index >= 15 is 0 Å². The molecule has 0 aromatic heterocycles. The number of benzene rings is 1. The van der Waals surface area contributed by atoms with Crippen molar-refractivity contribution >= 4 is 15.9 Å². The zero-order valence-corrected chi connectivity index (χ0v) is 13.2. The van der Waals surface area contributed by atoms with Gasteiger partial charge in [0.15, 0.2) is 0 Å². The predicted molar refractivity (Wildman–Crippen MR) is 82.8 cm³/mol. The molecule has 1 unspecified atom stereocenters. The van der Waals surface area contributed by atoms with Crippen LogP contribution in [0.25, 0.3) is 0 Å². The number of likely N-dealkylation sites (tertiary alicyclic amines) is 1. The van der Waals surface area contributed by atoms with Crippen LogP contribution in [0.2, 0.25) is 0 Å². The second-order valence-corrected chi connectivity index (χ2v) is 6.06. The maximum atomic E-state index is 5.70. The van der Waals surface area contributed by atoms with E-state index in [9.17, 15) is 0 Å². The zero-order chi connectivity index (χ0) is 13.5. The average molecular weight is 327 g/mol. The molecule has 4 heteroatoms. The van der Waals surface area contributed by atoms with Crippen LogP contribution < -0.4 is 10.1 Å². The lowest BCUT2D eigenvalue weighted by Crippen LogP contribution is -2.43. The number of likely N-dealkylation sites (N-methyl/N-ethyl adjacent to an activating group) is 1. The van der Waals surface area contributed by atoms with Crippen LogP contribution in [0.15, 0.2) is 28.7 Å². The zero-order valence-electron chi connectivity index (χ0n) is 11.6. The Morgan fingerprint density at radius 3 is 3.11 bits per heavy atom. The summed E-state index contributed by atoms with van der Waals surface area (Å²) in [4.78, 5) is 2.46. The standard InChI is InChI=1S/C15H23BrN2O/c1-18-9-3-2-6-14(18)12-17-8-10-19-15-7-4-5-13(16)11-15/h4-5,7,11,14,17H,2-3,6,8-10,12H2,1H3. The molecule has 19 heavy (non-hydrogen) atoms. The lowest BCUT2D eigenvalue weighted by atomic mass is 10.0. The summed E-state index contributed by atoms with van der Waals surface area (Å²) in [7, 11) is 2.23. The highest BCUT2D eigenvalue weighted by atomic mass is 79.9. The Morgan fingerprint density at radius 1 is 1.42 bits per heavy atom. The minimum absolute atomic E-state index is 0.694. The first kappa shape index (κ1) is 14.8. The highest BCUT2D eigenvalue weighted by molar-refractivity contribution is 9.10. The summed E-state index contributed by atoms with van der Waals surface area (Å²) in [5, 5.41) is 3.49. The smallest absolute Gasteiger partial charge is 0.120 e. The monoisotopic (exact) mass is 326 g/mol. The number of rotatable bonds is 6. The van der Waals surface area contributed by atoms with Crippen LogP contribution in [0.3, 0.4) is 0 Å². The Labute approximate surface area is 124 Å². The summed E-state index contributed by atoms with van der Waals surface area (Å²) < 4.78 is 6.75. The van der Waals surface area contributed by atoms with Gasteiger partial charge in [0, 0.05) is 23.6 Å². The molecular formula is C15H23BrN2O. The van der Waals surface area contributed by atoms with Gasteiger partial charge in [-0.05, 0) is 44.6 Å². The number of nitrogens with one attached hydrogen (secondary N) is 1. The summed E-state index contributed by atoms with van der Waals surface area (Å²) in [6.45, 7) is 3.92. The molecule has 1 saturated heterocycles. The minimum Gasteiger partial charge on any atom is -0.492 e. The minimum atomic E-state index is 0.694. The molecule has 1 aliphatic heterocycles. The van der Waals surface area contributed by atoms with Crippen LogP contribution >= 0.6 is 15.9 Å². The van der Waals surface area contributed by atoms with Gasteiger partial charge >= 0.3 is 0 Å². The van der Waals surface area contributed by atoms with E-state index in [0.717, 1.165) is 23.3 Å². The molecule has 106 valence electrons. The number of hydrogen-bond acceptors (Lipinski definition) is 3. The Bertz CT molecular complexity index is 386. The van der Waals surface area contributed by atoms with Crippen molar-refractivity contribution in [3.8, 4) is 5.75 Å². The normalized spacial score (nSPS) is 20.4. The molecule has 1 aromatic rings. The lowest BCUT2D eigenvalue weighted by Gasteiger charge is -2.32. The van der Waals surface area contributed by atoms with Crippen molar-refractivity contribution in [1.29, 1.82) is 0 Å². The van der Waals surface area contributed by atoms with Crippen molar-refractivity contribution in [1.82, 2.24) is 10.2 Å². The van der Waals surface area contributed by atoms with E-state index < -0.39 is 0 Å². The summed E-state index contributed by atoms with van der Waals surface area (Å²) in [5.74, 6) is 0.922. The van der Waals surface area contributed by atoms with Crippen molar-refractivity contribution < 1.29 is 4.74 Å². The average Bonchev–Trinajstić information content (AvgIpc) is 2.40. The first-order chi connectivity index (χ1) is 9.25. The van der Waals surface area contributed by atoms with Crippen molar-refractivity contribution in [3.63, 3.8) is 0 Å². The van der Waals surface area contributed by atoms with Crippen LogP contribution in [-0.2, 0) is 0 Å². The van der Waals surface area contributed by atoms with E-state index in [4.69, 9.17) is 4.74 Å². The third kappa shape index (κ3) is 5.13. The molecular weight excluding hydrogens is 304 g/mol. The van der Waals surface area contributed by atoms with E-state index in [0.29, 0.717) is 12.6 Å². The quantitative estimate of drug-likeness (QED) is 0.813. The Balaban J connectivity index is 1.59. The van der Waals surface area contributed by atoms with Crippen LogP contribution in [-0.4, -0.2) is 44.2 Å². The second kappa shape index (κ2) is 7.88. The van der Waals surface area contributed by atoms with Crippen LogP contribution in [0.4, 0.5) is 0 Å². The highest BCUT2D eigenvalue weighted by Crippen LogP contribution is 2.17. The summed E-state index contributed by atoms with van der Waals surface area (Å²) in [6.07, 6.45) is 4.03. The fraction of sp³-hybridized carbons (Fsp3) is 0.600. The SMILES string of the molecule is CN1CCCCC1CNCCOc1cccc(Br)c1. The van der Waals surface area contributed by atoms with Crippen molar-refractivity contribution in [3.05, 3.63) is 28.7 Å². The Morgan fingerprint density at radius 2 is 2.32 bits per heavy atom. The molecule has 1 atom stereocenters. The first-order valence-corrected chi connectivity index (χ1v) is 7.84. The Hall–Kier alpha value is -0.580. The molecule has 0 bridgehead atoms.